The number of ether oxygens (including phenoxy) is 2. The molecule has 1 N–H and O–H groups in total. The third kappa shape index (κ3) is 3.16. The zero-order chi connectivity index (χ0) is 14.8. The van der Waals surface area contributed by atoms with E-state index in [0.717, 1.165) is 12.8 Å². The van der Waals surface area contributed by atoms with Gasteiger partial charge in [0.15, 0.2) is 0 Å². The summed E-state index contributed by atoms with van der Waals surface area (Å²) >= 11 is 0. The third-order valence-electron chi connectivity index (χ3n) is 3.87. The number of carbonyl (C=O) groups excluding carboxylic acids is 1. The molecule has 3 rings (SSSR count). The quantitative estimate of drug-likeness (QED) is 0.884. The van der Waals surface area contributed by atoms with E-state index in [1.165, 1.54) is 0 Å². The Morgan fingerprint density at radius 2 is 2.24 bits per heavy atom. The van der Waals surface area contributed by atoms with Crippen molar-refractivity contribution in [2.24, 2.45) is 0 Å². The van der Waals surface area contributed by atoms with Crippen LogP contribution in [0.3, 0.4) is 0 Å². The average molecular weight is 292 g/mol. The predicted octanol–water partition coefficient (Wildman–Crippen LogP) is 0.637. The number of hydrogen-bond donors (Lipinski definition) is 1. The minimum Gasteiger partial charge on any atom is -0.376 e. The summed E-state index contributed by atoms with van der Waals surface area (Å²) in [6, 6.07) is 2.09. The van der Waals surface area contributed by atoms with Crippen LogP contribution >= 0.6 is 0 Å². The summed E-state index contributed by atoms with van der Waals surface area (Å²) in [5, 5.41) is 2.78. The number of nitrogens with zero attached hydrogens (tertiary/aromatic N) is 1. The van der Waals surface area contributed by atoms with Crippen LogP contribution in [0.2, 0.25) is 0 Å². The average Bonchev–Trinajstić information content (AvgIpc) is 3.31. The normalized spacial score (nSPS) is 22.0. The fraction of sp³-hybridized carbons (Fsp3) is 0.600. The Kier molecular flexibility index (Phi) is 4.07. The molecule has 1 saturated carbocycles. The van der Waals surface area contributed by atoms with Crippen LogP contribution in [0.1, 0.15) is 34.8 Å². The topological polar surface area (TPSA) is 69.6 Å². The Labute approximate surface area is 123 Å². The molecular formula is C15H20N2O4. The standard InChI is InChI=1S/C15H20N2O4/c1-10-4-5-17(11-2-3-11)15(19)13(10)14(18)16-8-12-9-20-6-7-21-12/h4-5,11-12H,2-3,6-9H2,1H3,(H,16,18). The van der Waals surface area contributed by atoms with E-state index >= 15 is 0 Å². The molecule has 6 heteroatoms. The molecule has 1 amide bonds. The van der Waals surface area contributed by atoms with E-state index in [-0.39, 0.29) is 29.2 Å². The van der Waals surface area contributed by atoms with Gasteiger partial charge in [0.25, 0.3) is 11.5 Å². The number of carbonyl (C=O) groups is 1. The molecule has 1 aliphatic heterocycles. The van der Waals surface area contributed by atoms with Gasteiger partial charge in [-0.2, -0.15) is 0 Å². The van der Waals surface area contributed by atoms with Crippen molar-refractivity contribution in [1.29, 1.82) is 0 Å². The summed E-state index contributed by atoms with van der Waals surface area (Å²) < 4.78 is 12.4. The van der Waals surface area contributed by atoms with E-state index in [1.807, 2.05) is 6.07 Å². The highest BCUT2D eigenvalue weighted by atomic mass is 16.6. The van der Waals surface area contributed by atoms with Crippen LogP contribution < -0.4 is 10.9 Å². The Morgan fingerprint density at radius 3 is 2.90 bits per heavy atom. The molecule has 2 fully saturated rings. The number of amides is 1. The van der Waals surface area contributed by atoms with Crippen LogP contribution in [0.4, 0.5) is 0 Å². The Morgan fingerprint density at radius 1 is 1.43 bits per heavy atom. The van der Waals surface area contributed by atoms with E-state index in [0.29, 0.717) is 31.9 Å². The number of pyridine rings is 1. The number of aromatic nitrogens is 1. The van der Waals surface area contributed by atoms with E-state index in [9.17, 15) is 9.59 Å². The molecule has 0 aromatic carbocycles. The van der Waals surface area contributed by atoms with E-state index in [2.05, 4.69) is 5.32 Å². The lowest BCUT2D eigenvalue weighted by Gasteiger charge is -2.23. The molecule has 2 heterocycles. The number of aryl methyl sites for hydroxylation is 1. The molecule has 1 aromatic rings. The molecule has 0 bridgehead atoms. The maximum Gasteiger partial charge on any atom is 0.263 e. The first-order chi connectivity index (χ1) is 10.2. The molecule has 1 atom stereocenters. The van der Waals surface area contributed by atoms with Crippen molar-refractivity contribution in [1.82, 2.24) is 9.88 Å². The van der Waals surface area contributed by atoms with E-state index < -0.39 is 0 Å². The van der Waals surface area contributed by atoms with Crippen LogP contribution in [0.5, 0.6) is 0 Å². The van der Waals surface area contributed by atoms with Gasteiger partial charge in [-0.3, -0.25) is 9.59 Å². The van der Waals surface area contributed by atoms with Gasteiger partial charge in [-0.05, 0) is 31.4 Å². The van der Waals surface area contributed by atoms with Crippen molar-refractivity contribution < 1.29 is 14.3 Å². The molecule has 1 aromatic heterocycles. The third-order valence-corrected chi connectivity index (χ3v) is 3.87. The van der Waals surface area contributed by atoms with Gasteiger partial charge in [0.1, 0.15) is 5.56 Å². The van der Waals surface area contributed by atoms with Crippen LogP contribution in [0.25, 0.3) is 0 Å². The second kappa shape index (κ2) is 5.99. The largest absolute Gasteiger partial charge is 0.376 e. The summed E-state index contributed by atoms with van der Waals surface area (Å²) in [5.74, 6) is -0.332. The van der Waals surface area contributed by atoms with Crippen LogP contribution in [0.15, 0.2) is 17.1 Å². The van der Waals surface area contributed by atoms with Crippen molar-refractivity contribution in [2.45, 2.75) is 31.9 Å². The molecule has 1 saturated heterocycles. The van der Waals surface area contributed by atoms with E-state index in [1.54, 1.807) is 17.7 Å². The number of hydrogen-bond acceptors (Lipinski definition) is 4. The van der Waals surface area contributed by atoms with Gasteiger partial charge >= 0.3 is 0 Å². The minimum atomic E-state index is -0.332. The maximum absolute atomic E-state index is 12.4. The summed E-state index contributed by atoms with van der Waals surface area (Å²) in [4.78, 5) is 24.7. The molecule has 1 unspecified atom stereocenters. The van der Waals surface area contributed by atoms with Gasteiger partial charge in [0, 0.05) is 18.8 Å². The Balaban J connectivity index is 1.71. The van der Waals surface area contributed by atoms with Gasteiger partial charge in [-0.1, -0.05) is 0 Å². The minimum absolute atomic E-state index is 0.141. The number of rotatable bonds is 4. The monoisotopic (exact) mass is 292 g/mol. The van der Waals surface area contributed by atoms with Crippen LogP contribution in [-0.2, 0) is 9.47 Å². The zero-order valence-electron chi connectivity index (χ0n) is 12.1. The van der Waals surface area contributed by atoms with Crippen molar-refractivity contribution >= 4 is 5.91 Å². The lowest BCUT2D eigenvalue weighted by molar-refractivity contribution is -0.0855. The highest BCUT2D eigenvalue weighted by Gasteiger charge is 2.27. The van der Waals surface area contributed by atoms with Crippen LogP contribution in [-0.4, -0.2) is 42.9 Å². The summed E-state index contributed by atoms with van der Waals surface area (Å²) in [6.45, 7) is 3.75. The molecular weight excluding hydrogens is 272 g/mol. The molecule has 0 radical (unpaired) electrons. The van der Waals surface area contributed by atoms with E-state index in [4.69, 9.17) is 9.47 Å². The van der Waals surface area contributed by atoms with Crippen molar-refractivity contribution in [2.75, 3.05) is 26.4 Å². The van der Waals surface area contributed by atoms with Gasteiger partial charge < -0.3 is 19.4 Å². The molecule has 2 aliphatic rings. The van der Waals surface area contributed by atoms with Crippen molar-refractivity contribution in [3.8, 4) is 0 Å². The second-order valence-corrected chi connectivity index (χ2v) is 5.60. The van der Waals surface area contributed by atoms with Gasteiger partial charge in [-0.25, -0.2) is 0 Å². The van der Waals surface area contributed by atoms with Crippen molar-refractivity contribution in [3.63, 3.8) is 0 Å². The lowest BCUT2D eigenvalue weighted by atomic mass is 10.1. The highest BCUT2D eigenvalue weighted by Crippen LogP contribution is 2.33. The van der Waals surface area contributed by atoms with Gasteiger partial charge in [0.05, 0.1) is 25.9 Å². The van der Waals surface area contributed by atoms with Crippen LogP contribution in [0, 0.1) is 6.92 Å². The predicted molar refractivity (Wildman–Crippen MR) is 76.6 cm³/mol. The Bertz CT molecular complexity index is 586. The molecule has 6 nitrogen and oxygen atoms in total. The molecule has 0 spiro atoms. The summed E-state index contributed by atoms with van der Waals surface area (Å²) in [7, 11) is 0. The second-order valence-electron chi connectivity index (χ2n) is 5.60. The SMILES string of the molecule is Cc1ccn(C2CC2)c(=O)c1C(=O)NCC1COCCO1. The smallest absolute Gasteiger partial charge is 0.263 e. The first-order valence-corrected chi connectivity index (χ1v) is 7.36. The summed E-state index contributed by atoms with van der Waals surface area (Å²) in [6.07, 6.45) is 3.66. The fourth-order valence-corrected chi connectivity index (χ4v) is 2.51. The first kappa shape index (κ1) is 14.3. The molecule has 21 heavy (non-hydrogen) atoms. The van der Waals surface area contributed by atoms with Crippen molar-refractivity contribution in [3.05, 3.63) is 33.7 Å². The first-order valence-electron chi connectivity index (χ1n) is 7.36. The lowest BCUT2D eigenvalue weighted by Crippen LogP contribution is -2.41. The zero-order valence-corrected chi connectivity index (χ0v) is 12.1. The highest BCUT2D eigenvalue weighted by molar-refractivity contribution is 5.95. The fourth-order valence-electron chi connectivity index (χ4n) is 2.51. The molecule has 1 aliphatic carbocycles. The molecule has 114 valence electrons. The number of nitrogens with one attached hydrogen (secondary N) is 1. The maximum atomic E-state index is 12.4. The van der Waals surface area contributed by atoms with Gasteiger partial charge in [0.2, 0.25) is 0 Å². The summed E-state index contributed by atoms with van der Waals surface area (Å²) in [5.41, 5.74) is 0.743. The van der Waals surface area contributed by atoms with Gasteiger partial charge in [-0.15, -0.1) is 0 Å². The Hall–Kier alpha value is -1.66.